The third kappa shape index (κ3) is 2.43. The number of cyclic esters (lactones) is 1. The molecule has 0 bridgehead atoms. The van der Waals surface area contributed by atoms with Gasteiger partial charge in [0.2, 0.25) is 0 Å². The quantitative estimate of drug-likeness (QED) is 0.256. The first-order valence-electron chi connectivity index (χ1n) is 9.67. The van der Waals surface area contributed by atoms with Crippen LogP contribution in [0.15, 0.2) is 29.1 Å². The molecule has 148 valence electrons. The molecule has 5 rings (SSSR count). The van der Waals surface area contributed by atoms with Gasteiger partial charge in [0.1, 0.15) is 15.8 Å². The van der Waals surface area contributed by atoms with E-state index in [4.69, 9.17) is 9.72 Å². The summed E-state index contributed by atoms with van der Waals surface area (Å²) in [6, 6.07) is 7.11. The highest BCUT2D eigenvalue weighted by Crippen LogP contribution is 2.44. The highest BCUT2D eigenvalue weighted by atomic mass is 127. The first-order valence-corrected chi connectivity index (χ1v) is 10.7. The number of phenolic OH excluding ortho intramolecular Hbond substituents is 1. The number of aryl methyl sites for hydroxylation is 1. The smallest absolute Gasteiger partial charge is 0.326 e. The molecule has 2 aliphatic rings. The van der Waals surface area contributed by atoms with Crippen molar-refractivity contribution in [3.05, 3.63) is 56.9 Å². The first-order chi connectivity index (χ1) is 13.9. The van der Waals surface area contributed by atoms with E-state index in [1.165, 1.54) is 0 Å². The number of alkyl halides is 1. The highest BCUT2D eigenvalue weighted by molar-refractivity contribution is 14.1. The maximum absolute atomic E-state index is 13.3. The summed E-state index contributed by atoms with van der Waals surface area (Å²) in [4.78, 5) is 30.7. The number of carbonyl (C=O) groups is 1. The maximum Gasteiger partial charge on any atom is 0.326 e. The van der Waals surface area contributed by atoms with Gasteiger partial charge in [-0.05, 0) is 48.2 Å². The number of fused-ring (bicyclic) bond motifs is 5. The summed E-state index contributed by atoms with van der Waals surface area (Å²) >= 11 is 2.11. The van der Waals surface area contributed by atoms with Crippen LogP contribution in [0.4, 0.5) is 0 Å². The van der Waals surface area contributed by atoms with E-state index in [1.807, 2.05) is 13.0 Å². The van der Waals surface area contributed by atoms with Crippen molar-refractivity contribution in [2.75, 3.05) is 0 Å². The minimum Gasteiger partial charge on any atom is -0.508 e. The number of ether oxygens (including phenoxy) is 1. The van der Waals surface area contributed by atoms with Crippen LogP contribution < -0.4 is 5.56 Å². The second-order valence-corrected chi connectivity index (χ2v) is 9.36. The van der Waals surface area contributed by atoms with Crippen molar-refractivity contribution in [1.29, 1.82) is 0 Å². The van der Waals surface area contributed by atoms with Crippen LogP contribution in [-0.4, -0.2) is 20.6 Å². The Labute approximate surface area is 180 Å². The van der Waals surface area contributed by atoms with E-state index in [2.05, 4.69) is 29.5 Å². The average molecular weight is 502 g/mol. The molecule has 2 aliphatic heterocycles. The van der Waals surface area contributed by atoms with E-state index < -0.39 is 3.42 Å². The number of halogens is 1. The fraction of sp³-hybridized carbons (Fsp3) is 0.318. The molecule has 3 aromatic rings. The molecule has 7 heteroatoms. The van der Waals surface area contributed by atoms with Crippen LogP contribution >= 0.6 is 22.6 Å². The van der Waals surface area contributed by atoms with Gasteiger partial charge in [-0.1, -0.05) is 36.4 Å². The Hall–Kier alpha value is -2.42. The van der Waals surface area contributed by atoms with Gasteiger partial charge < -0.3 is 14.4 Å². The lowest BCUT2D eigenvalue weighted by Crippen LogP contribution is -2.40. The Morgan fingerprint density at radius 3 is 2.76 bits per heavy atom. The van der Waals surface area contributed by atoms with Crippen molar-refractivity contribution in [3.63, 3.8) is 0 Å². The first kappa shape index (κ1) is 18.6. The van der Waals surface area contributed by atoms with Crippen molar-refractivity contribution in [2.45, 2.75) is 43.3 Å². The maximum atomic E-state index is 13.3. The number of phenols is 1. The van der Waals surface area contributed by atoms with Crippen molar-refractivity contribution < 1.29 is 14.6 Å². The number of aromatic nitrogens is 2. The van der Waals surface area contributed by atoms with Crippen molar-refractivity contribution in [1.82, 2.24) is 9.55 Å². The van der Waals surface area contributed by atoms with E-state index in [0.29, 0.717) is 18.5 Å². The topological polar surface area (TPSA) is 81.4 Å². The van der Waals surface area contributed by atoms with E-state index in [-0.39, 0.29) is 23.9 Å². The molecule has 29 heavy (non-hydrogen) atoms. The van der Waals surface area contributed by atoms with Gasteiger partial charge in [-0.2, -0.15) is 0 Å². The van der Waals surface area contributed by atoms with E-state index >= 15 is 0 Å². The zero-order valence-electron chi connectivity index (χ0n) is 16.1. The molecular weight excluding hydrogens is 483 g/mol. The monoisotopic (exact) mass is 502 g/mol. The van der Waals surface area contributed by atoms with Gasteiger partial charge in [0.15, 0.2) is 0 Å². The number of hydrogen-bond donors (Lipinski definition) is 1. The van der Waals surface area contributed by atoms with Crippen LogP contribution in [0.25, 0.3) is 22.3 Å². The number of benzene rings is 1. The molecule has 1 atom stereocenters. The summed E-state index contributed by atoms with van der Waals surface area (Å²) in [6.45, 7) is 4.44. The van der Waals surface area contributed by atoms with E-state index in [1.54, 1.807) is 22.8 Å². The zero-order valence-corrected chi connectivity index (χ0v) is 18.2. The minimum absolute atomic E-state index is 0.0122. The lowest BCUT2D eigenvalue weighted by Gasteiger charge is -2.31. The van der Waals surface area contributed by atoms with Crippen LogP contribution in [0.5, 0.6) is 5.75 Å². The molecule has 0 radical (unpaired) electrons. The third-order valence-corrected chi connectivity index (χ3v) is 7.87. The molecule has 0 aliphatic carbocycles. The standard InChI is InChI=1S/C22H19IN2O4/c1-3-12-13-7-11(26)5-6-17(13)24-19-14(12)9-25-18(19)8-16-15(20(25)27)10-29-21(28)22(16,23)4-2/h5-8,26H,3-4,9-10H2,1-2H3/t22-/m1/s1. The number of esters is 1. The largest absolute Gasteiger partial charge is 0.508 e. The van der Waals surface area contributed by atoms with Gasteiger partial charge in [0, 0.05) is 10.9 Å². The Morgan fingerprint density at radius 1 is 1.24 bits per heavy atom. The van der Waals surface area contributed by atoms with Gasteiger partial charge in [0.25, 0.3) is 5.56 Å². The number of nitrogens with zero attached hydrogens (tertiary/aromatic N) is 2. The van der Waals surface area contributed by atoms with Gasteiger partial charge >= 0.3 is 5.97 Å². The number of carbonyl (C=O) groups excluding carboxylic acids is 1. The predicted octanol–water partition coefficient (Wildman–Crippen LogP) is 3.79. The number of aromatic hydroxyl groups is 1. The summed E-state index contributed by atoms with van der Waals surface area (Å²) < 4.78 is 6.22. The summed E-state index contributed by atoms with van der Waals surface area (Å²) in [5.41, 5.74) is 5.59. The lowest BCUT2D eigenvalue weighted by molar-refractivity contribution is -0.149. The normalized spacial score (nSPS) is 19.6. The van der Waals surface area contributed by atoms with Gasteiger partial charge in [-0.25, -0.2) is 4.98 Å². The van der Waals surface area contributed by atoms with Crippen molar-refractivity contribution in [3.8, 4) is 17.1 Å². The lowest BCUT2D eigenvalue weighted by atomic mass is 9.90. The summed E-state index contributed by atoms with van der Waals surface area (Å²) in [5, 5.41) is 10.8. The minimum atomic E-state index is -0.862. The van der Waals surface area contributed by atoms with E-state index in [9.17, 15) is 14.7 Å². The molecule has 0 saturated heterocycles. The number of rotatable bonds is 2. The van der Waals surface area contributed by atoms with Crippen LogP contribution in [0.2, 0.25) is 0 Å². The van der Waals surface area contributed by atoms with E-state index in [0.717, 1.165) is 45.4 Å². The summed E-state index contributed by atoms with van der Waals surface area (Å²) in [5.74, 6) is -0.0998. The predicted molar refractivity (Wildman–Crippen MR) is 117 cm³/mol. The Balaban J connectivity index is 1.84. The van der Waals surface area contributed by atoms with Gasteiger partial charge in [-0.15, -0.1) is 0 Å². The van der Waals surface area contributed by atoms with Gasteiger partial charge in [0.05, 0.1) is 29.0 Å². The Bertz CT molecular complexity index is 1280. The second-order valence-electron chi connectivity index (χ2n) is 7.52. The Morgan fingerprint density at radius 2 is 2.03 bits per heavy atom. The molecule has 0 unspecified atom stereocenters. The molecule has 0 spiro atoms. The average Bonchev–Trinajstić information content (AvgIpc) is 3.08. The SMILES string of the molecule is CCc1c2c(nc3ccc(O)cc13)-c1cc3c(c(=O)n1C2)COC(=O)[C@@]3(I)CC. The summed E-state index contributed by atoms with van der Waals surface area (Å²) in [7, 11) is 0. The fourth-order valence-corrected chi connectivity index (χ4v) is 5.17. The molecule has 0 amide bonds. The van der Waals surface area contributed by atoms with Crippen LogP contribution in [0.3, 0.4) is 0 Å². The van der Waals surface area contributed by atoms with Crippen LogP contribution in [0.1, 0.15) is 42.5 Å². The molecule has 2 aromatic heterocycles. The highest BCUT2D eigenvalue weighted by Gasteiger charge is 2.45. The molecular formula is C22H19IN2O4. The van der Waals surface area contributed by atoms with Gasteiger partial charge in [-0.3, -0.25) is 9.59 Å². The van der Waals surface area contributed by atoms with Crippen LogP contribution in [-0.2, 0) is 32.5 Å². The van der Waals surface area contributed by atoms with Crippen molar-refractivity contribution >= 4 is 39.5 Å². The number of hydrogen-bond acceptors (Lipinski definition) is 5. The second kappa shape index (κ2) is 6.29. The fourth-order valence-electron chi connectivity index (χ4n) is 4.53. The molecule has 1 aromatic carbocycles. The molecule has 1 N–H and O–H groups in total. The number of pyridine rings is 2. The third-order valence-electron chi connectivity index (χ3n) is 6.09. The molecule has 4 heterocycles. The summed E-state index contributed by atoms with van der Waals surface area (Å²) in [6.07, 6.45) is 1.31. The van der Waals surface area contributed by atoms with Crippen molar-refractivity contribution in [2.24, 2.45) is 0 Å². The molecule has 0 fully saturated rings. The Kier molecular flexibility index (Phi) is 4.03. The zero-order chi connectivity index (χ0) is 20.5. The van der Waals surface area contributed by atoms with Crippen LogP contribution in [0, 0.1) is 0 Å². The molecule has 0 saturated carbocycles. The molecule has 6 nitrogen and oxygen atoms in total.